The summed E-state index contributed by atoms with van der Waals surface area (Å²) in [6.07, 6.45) is 2.31. The summed E-state index contributed by atoms with van der Waals surface area (Å²) >= 11 is 0. The first-order valence-corrected chi connectivity index (χ1v) is 12.8. The molecule has 0 bridgehead atoms. The van der Waals surface area contributed by atoms with E-state index in [9.17, 15) is 4.79 Å². The highest BCUT2D eigenvalue weighted by Crippen LogP contribution is 2.42. The zero-order chi connectivity index (χ0) is 26.6. The van der Waals surface area contributed by atoms with Gasteiger partial charge in [0.25, 0.3) is 0 Å². The van der Waals surface area contributed by atoms with Crippen molar-refractivity contribution in [1.29, 1.82) is 0 Å². The molecule has 0 radical (unpaired) electrons. The molecule has 38 heavy (non-hydrogen) atoms. The first kappa shape index (κ1) is 24.0. The maximum absolute atomic E-state index is 12.7. The highest BCUT2D eigenvalue weighted by atomic mass is 16.5. The zero-order valence-electron chi connectivity index (χ0n) is 22.0. The van der Waals surface area contributed by atoms with Crippen LogP contribution in [0.3, 0.4) is 0 Å². The molecule has 4 aromatic heterocycles. The van der Waals surface area contributed by atoms with Crippen LogP contribution in [0.15, 0.2) is 22.7 Å². The van der Waals surface area contributed by atoms with Crippen LogP contribution in [0.1, 0.15) is 60.4 Å². The number of aromatic nitrogens is 6. The molecule has 0 saturated heterocycles. The topological polar surface area (TPSA) is 133 Å². The third kappa shape index (κ3) is 3.94. The molecule has 11 nitrogen and oxygen atoms in total. The minimum atomic E-state index is -0.590. The lowest BCUT2D eigenvalue weighted by molar-refractivity contribution is 0.0512. The number of nitrogens with zero attached hydrogens (tertiary/aromatic N) is 5. The van der Waals surface area contributed by atoms with Gasteiger partial charge < -0.3 is 24.3 Å². The van der Waals surface area contributed by atoms with Gasteiger partial charge in [-0.25, -0.2) is 19.4 Å². The Morgan fingerprint density at radius 1 is 1.21 bits per heavy atom. The van der Waals surface area contributed by atoms with Gasteiger partial charge in [-0.2, -0.15) is 5.10 Å². The molecule has 0 spiro atoms. The molecule has 0 aliphatic heterocycles. The van der Waals surface area contributed by atoms with Crippen LogP contribution in [0.4, 0.5) is 11.6 Å². The van der Waals surface area contributed by atoms with E-state index in [4.69, 9.17) is 19.1 Å². The third-order valence-corrected chi connectivity index (χ3v) is 6.87. The second-order valence-electron chi connectivity index (χ2n) is 9.43. The number of esters is 1. The highest BCUT2D eigenvalue weighted by Gasteiger charge is 2.28. The fourth-order valence-electron chi connectivity index (χ4n) is 4.91. The minimum absolute atomic E-state index is 0.0312. The number of aryl methyl sites for hydroxylation is 3. The van der Waals surface area contributed by atoms with Gasteiger partial charge in [-0.05, 0) is 52.7 Å². The number of ether oxygens (including phenoxy) is 2. The molecule has 1 aliphatic rings. The van der Waals surface area contributed by atoms with Crippen molar-refractivity contribution >= 4 is 39.5 Å². The highest BCUT2D eigenvalue weighted by molar-refractivity contribution is 6.14. The van der Waals surface area contributed by atoms with Crippen LogP contribution in [0, 0.1) is 13.8 Å². The quantitative estimate of drug-likeness (QED) is 0.260. The van der Waals surface area contributed by atoms with Crippen LogP contribution >= 0.6 is 0 Å². The second kappa shape index (κ2) is 9.16. The van der Waals surface area contributed by atoms with Gasteiger partial charge in [-0.3, -0.25) is 0 Å². The maximum Gasteiger partial charge on any atom is 0.376 e. The van der Waals surface area contributed by atoms with Gasteiger partial charge in [-0.1, -0.05) is 5.16 Å². The van der Waals surface area contributed by atoms with E-state index in [1.165, 1.54) is 0 Å². The molecule has 1 aliphatic carbocycles. The van der Waals surface area contributed by atoms with Crippen molar-refractivity contribution < 1.29 is 18.8 Å². The molecule has 1 aromatic carbocycles. The number of nitrogens with one attached hydrogen (secondary N) is 2. The number of carbonyl (C=O) groups excluding carboxylic acids is 1. The first-order chi connectivity index (χ1) is 18.4. The van der Waals surface area contributed by atoms with E-state index >= 15 is 0 Å². The molecule has 196 valence electrons. The number of H-pyrrole nitrogens is 1. The molecule has 4 heterocycles. The molecule has 6 rings (SSSR count). The Morgan fingerprint density at radius 2 is 2.03 bits per heavy atom. The lowest BCUT2D eigenvalue weighted by Crippen LogP contribution is -2.12. The molecule has 0 unspecified atom stereocenters. The van der Waals surface area contributed by atoms with Crippen molar-refractivity contribution in [2.24, 2.45) is 0 Å². The Kier molecular flexibility index (Phi) is 5.77. The summed E-state index contributed by atoms with van der Waals surface area (Å²) in [4.78, 5) is 25.2. The summed E-state index contributed by atoms with van der Waals surface area (Å²) in [5.41, 5.74) is 4.85. The van der Waals surface area contributed by atoms with Crippen molar-refractivity contribution in [3.63, 3.8) is 0 Å². The van der Waals surface area contributed by atoms with Gasteiger partial charge in [0.05, 0.1) is 36.1 Å². The fourth-order valence-corrected chi connectivity index (χ4v) is 4.91. The van der Waals surface area contributed by atoms with Gasteiger partial charge in [-0.15, -0.1) is 0 Å². The van der Waals surface area contributed by atoms with E-state index in [-0.39, 0.29) is 12.4 Å². The van der Waals surface area contributed by atoms with Crippen molar-refractivity contribution in [3.05, 3.63) is 41.2 Å². The second-order valence-corrected chi connectivity index (χ2v) is 9.43. The summed E-state index contributed by atoms with van der Waals surface area (Å²) in [5, 5.41) is 13.9. The Labute approximate surface area is 218 Å². The smallest absolute Gasteiger partial charge is 0.376 e. The van der Waals surface area contributed by atoms with Gasteiger partial charge >= 0.3 is 5.97 Å². The SMILES string of the molecule is CCOC(=O)c1nc(Nc2cc(C3CC3)nn2CC)c2c(n1)[nH]c1cc(-c3c(C)noc3C)c(OC)cc12. The summed E-state index contributed by atoms with van der Waals surface area (Å²) < 4.78 is 18.3. The number of anilines is 2. The number of rotatable bonds is 8. The molecular weight excluding hydrogens is 486 g/mol. The van der Waals surface area contributed by atoms with E-state index in [0.29, 0.717) is 35.4 Å². The van der Waals surface area contributed by atoms with Crippen molar-refractivity contribution in [1.82, 2.24) is 29.9 Å². The molecule has 2 N–H and O–H groups in total. The first-order valence-electron chi connectivity index (χ1n) is 12.8. The minimum Gasteiger partial charge on any atom is -0.496 e. The van der Waals surface area contributed by atoms with Crippen molar-refractivity contribution in [3.8, 4) is 16.9 Å². The average Bonchev–Trinajstić information content (AvgIpc) is 3.46. The average molecular weight is 516 g/mol. The number of hydrogen-bond acceptors (Lipinski definition) is 9. The summed E-state index contributed by atoms with van der Waals surface area (Å²) in [5.74, 6) is 2.52. The lowest BCUT2D eigenvalue weighted by atomic mass is 10.0. The van der Waals surface area contributed by atoms with Gasteiger partial charge in [0, 0.05) is 35.0 Å². The van der Waals surface area contributed by atoms with E-state index in [2.05, 4.69) is 31.5 Å². The van der Waals surface area contributed by atoms with Gasteiger partial charge in [0.2, 0.25) is 5.82 Å². The van der Waals surface area contributed by atoms with Crippen LogP contribution in [0.5, 0.6) is 5.75 Å². The van der Waals surface area contributed by atoms with E-state index in [1.54, 1.807) is 14.0 Å². The van der Waals surface area contributed by atoms with Crippen molar-refractivity contribution in [2.45, 2.75) is 53.0 Å². The Hall–Kier alpha value is -4.41. The summed E-state index contributed by atoms with van der Waals surface area (Å²) in [6.45, 7) is 8.47. The van der Waals surface area contributed by atoms with Crippen LogP contribution in [0.2, 0.25) is 0 Å². The molecule has 1 saturated carbocycles. The normalized spacial score (nSPS) is 13.4. The third-order valence-electron chi connectivity index (χ3n) is 6.87. The van der Waals surface area contributed by atoms with Crippen LogP contribution in [-0.2, 0) is 11.3 Å². The Balaban J connectivity index is 1.57. The maximum atomic E-state index is 12.7. The van der Waals surface area contributed by atoms with Gasteiger partial charge in [0.15, 0.2) is 0 Å². The van der Waals surface area contributed by atoms with Crippen LogP contribution in [0.25, 0.3) is 33.1 Å². The molecule has 11 heteroatoms. The standard InChI is InChI=1S/C27H29N7O4/c1-6-34-21(12-18(32-34)15-8-9-15)29-25-23-16-11-20(36-5)17(22-13(3)33-38-14(22)4)10-19(16)28-24(23)30-26(31-25)27(35)37-7-2/h10-12,15H,6-9H2,1-5H3,(H2,28,29,30,31). The molecule has 0 atom stereocenters. The van der Waals surface area contributed by atoms with E-state index < -0.39 is 5.97 Å². The summed E-state index contributed by atoms with van der Waals surface area (Å²) in [6, 6.07) is 5.99. The number of carbonyl (C=O) groups is 1. The predicted molar refractivity (Wildman–Crippen MR) is 142 cm³/mol. The Morgan fingerprint density at radius 3 is 2.68 bits per heavy atom. The summed E-state index contributed by atoms with van der Waals surface area (Å²) in [7, 11) is 1.63. The number of hydrogen-bond donors (Lipinski definition) is 2. The molecular formula is C27H29N7O4. The monoisotopic (exact) mass is 515 g/mol. The predicted octanol–water partition coefficient (Wildman–Crippen LogP) is 5.41. The lowest BCUT2D eigenvalue weighted by Gasteiger charge is -2.11. The molecule has 5 aromatic rings. The number of fused-ring (bicyclic) bond motifs is 3. The number of aromatic amines is 1. The largest absolute Gasteiger partial charge is 0.496 e. The molecule has 0 amide bonds. The van der Waals surface area contributed by atoms with Gasteiger partial charge in [0.1, 0.15) is 28.8 Å². The van der Waals surface area contributed by atoms with Crippen LogP contribution in [-0.4, -0.2) is 49.6 Å². The van der Waals surface area contributed by atoms with Crippen molar-refractivity contribution in [2.75, 3.05) is 19.0 Å². The number of methoxy groups -OCH3 is 1. The van der Waals surface area contributed by atoms with Crippen LogP contribution < -0.4 is 10.1 Å². The van der Waals surface area contributed by atoms with E-state index in [0.717, 1.165) is 57.5 Å². The van der Waals surface area contributed by atoms with E-state index in [1.807, 2.05) is 37.6 Å². The Bertz CT molecular complexity index is 1670. The fraction of sp³-hybridized carbons (Fsp3) is 0.370. The molecule has 1 fully saturated rings. The zero-order valence-corrected chi connectivity index (χ0v) is 22.0. The number of benzene rings is 1.